The number of hydrogen-bond acceptors (Lipinski definition) is 3. The molecule has 0 aliphatic heterocycles. The predicted molar refractivity (Wildman–Crippen MR) is 112 cm³/mol. The van der Waals surface area contributed by atoms with Crippen LogP contribution in [0.5, 0.6) is 5.75 Å². The fraction of sp³-hybridized carbons (Fsp3) is 0.238. The Morgan fingerprint density at radius 3 is 2.64 bits per heavy atom. The lowest BCUT2D eigenvalue weighted by atomic mass is 10.1. The molecule has 7 heteroatoms. The summed E-state index contributed by atoms with van der Waals surface area (Å²) in [7, 11) is 0. The molecule has 5 nitrogen and oxygen atoms in total. The van der Waals surface area contributed by atoms with Crippen LogP contribution in [0.1, 0.15) is 30.9 Å². The Balaban J connectivity index is 2.15. The van der Waals surface area contributed by atoms with Crippen LogP contribution in [0.4, 0.5) is 5.69 Å². The van der Waals surface area contributed by atoms with Crippen molar-refractivity contribution in [3.63, 3.8) is 0 Å². The number of aliphatic carboxylic acids is 1. The molecule has 0 spiro atoms. The Hall–Kier alpha value is -2.50. The van der Waals surface area contributed by atoms with Crippen molar-refractivity contribution in [2.75, 3.05) is 11.9 Å². The summed E-state index contributed by atoms with van der Waals surface area (Å²) in [6, 6.07) is 10.3. The molecule has 0 unspecified atom stereocenters. The summed E-state index contributed by atoms with van der Waals surface area (Å²) < 4.78 is 5.67. The number of amides is 1. The molecule has 0 radical (unpaired) electrons. The number of hydrogen-bond donors (Lipinski definition) is 2. The van der Waals surface area contributed by atoms with Gasteiger partial charge in [0.05, 0.1) is 12.3 Å². The third-order valence-corrected chi connectivity index (χ3v) is 4.33. The van der Waals surface area contributed by atoms with E-state index >= 15 is 0 Å². The SMILES string of the molecule is CCCOc1ccc(CCC(=O)O)cc1NC(=O)/C=C/c1ccc(Cl)cc1Cl. The minimum Gasteiger partial charge on any atom is -0.491 e. The summed E-state index contributed by atoms with van der Waals surface area (Å²) in [5, 5.41) is 12.6. The van der Waals surface area contributed by atoms with Gasteiger partial charge in [-0.05, 0) is 54.3 Å². The number of carbonyl (C=O) groups excluding carboxylic acids is 1. The van der Waals surface area contributed by atoms with Crippen molar-refractivity contribution in [2.24, 2.45) is 0 Å². The van der Waals surface area contributed by atoms with Crippen LogP contribution in [-0.2, 0) is 16.0 Å². The Labute approximate surface area is 173 Å². The minimum atomic E-state index is -0.875. The molecule has 0 atom stereocenters. The topological polar surface area (TPSA) is 75.6 Å². The first kappa shape index (κ1) is 21.8. The van der Waals surface area contributed by atoms with Gasteiger partial charge in [-0.15, -0.1) is 0 Å². The number of carboxylic acid groups (broad SMARTS) is 1. The maximum atomic E-state index is 12.4. The number of aryl methyl sites for hydroxylation is 1. The number of ether oxygens (including phenoxy) is 1. The zero-order chi connectivity index (χ0) is 20.5. The number of nitrogens with one attached hydrogen (secondary N) is 1. The van der Waals surface area contributed by atoms with Crippen molar-refractivity contribution in [2.45, 2.75) is 26.2 Å². The largest absolute Gasteiger partial charge is 0.491 e. The molecule has 1 amide bonds. The average molecular weight is 422 g/mol. The summed E-state index contributed by atoms with van der Waals surface area (Å²) in [6.07, 6.45) is 4.15. The van der Waals surface area contributed by atoms with Crippen LogP contribution < -0.4 is 10.1 Å². The number of carboxylic acids is 1. The molecule has 28 heavy (non-hydrogen) atoms. The van der Waals surface area contributed by atoms with Crippen molar-refractivity contribution >= 4 is 46.8 Å². The Kier molecular flexibility index (Phi) is 8.36. The van der Waals surface area contributed by atoms with Crippen LogP contribution in [0.15, 0.2) is 42.5 Å². The highest BCUT2D eigenvalue weighted by molar-refractivity contribution is 6.35. The lowest BCUT2D eigenvalue weighted by molar-refractivity contribution is -0.137. The zero-order valence-electron chi connectivity index (χ0n) is 15.4. The van der Waals surface area contributed by atoms with Gasteiger partial charge in [-0.2, -0.15) is 0 Å². The molecule has 148 valence electrons. The van der Waals surface area contributed by atoms with Crippen molar-refractivity contribution in [1.82, 2.24) is 0 Å². The Morgan fingerprint density at radius 2 is 1.96 bits per heavy atom. The smallest absolute Gasteiger partial charge is 0.303 e. The normalized spacial score (nSPS) is 10.8. The van der Waals surface area contributed by atoms with E-state index in [2.05, 4.69) is 5.32 Å². The molecule has 2 aromatic rings. The van der Waals surface area contributed by atoms with Crippen LogP contribution in [0.25, 0.3) is 6.08 Å². The number of rotatable bonds is 9. The molecule has 0 aromatic heterocycles. The lowest BCUT2D eigenvalue weighted by Gasteiger charge is -2.13. The minimum absolute atomic E-state index is 0.0114. The molecule has 0 saturated heterocycles. The fourth-order valence-corrected chi connectivity index (χ4v) is 2.87. The van der Waals surface area contributed by atoms with E-state index in [9.17, 15) is 9.59 Å². The Bertz CT molecular complexity index is 881. The number of carbonyl (C=O) groups is 2. The average Bonchev–Trinajstić information content (AvgIpc) is 2.65. The van der Waals surface area contributed by atoms with E-state index in [4.69, 9.17) is 33.0 Å². The lowest BCUT2D eigenvalue weighted by Crippen LogP contribution is -2.10. The van der Waals surface area contributed by atoms with Crippen LogP contribution in [0, 0.1) is 0 Å². The quantitative estimate of drug-likeness (QED) is 0.527. The first-order chi connectivity index (χ1) is 13.4. The molecule has 0 fully saturated rings. The first-order valence-electron chi connectivity index (χ1n) is 8.80. The number of anilines is 1. The summed E-state index contributed by atoms with van der Waals surface area (Å²) in [5.74, 6) is -0.699. The van der Waals surface area contributed by atoms with Gasteiger partial charge in [-0.3, -0.25) is 9.59 Å². The van der Waals surface area contributed by atoms with Crippen molar-refractivity contribution in [3.8, 4) is 5.75 Å². The summed E-state index contributed by atoms with van der Waals surface area (Å²) >= 11 is 12.0. The maximum Gasteiger partial charge on any atom is 0.303 e. The van der Waals surface area contributed by atoms with Gasteiger partial charge < -0.3 is 15.2 Å². The molecule has 2 N–H and O–H groups in total. The summed E-state index contributed by atoms with van der Waals surface area (Å²) in [4.78, 5) is 23.1. The molecule has 0 aliphatic rings. The van der Waals surface area contributed by atoms with E-state index in [1.807, 2.05) is 6.92 Å². The Morgan fingerprint density at radius 1 is 1.18 bits per heavy atom. The zero-order valence-corrected chi connectivity index (χ0v) is 16.9. The van der Waals surface area contributed by atoms with Crippen LogP contribution in [0.3, 0.4) is 0 Å². The van der Waals surface area contributed by atoms with Gasteiger partial charge >= 0.3 is 5.97 Å². The van der Waals surface area contributed by atoms with Crippen LogP contribution in [-0.4, -0.2) is 23.6 Å². The highest BCUT2D eigenvalue weighted by Crippen LogP contribution is 2.27. The molecule has 0 saturated carbocycles. The molecule has 0 bridgehead atoms. The van der Waals surface area contributed by atoms with Crippen molar-refractivity contribution in [3.05, 3.63) is 63.6 Å². The van der Waals surface area contributed by atoms with E-state index in [1.165, 1.54) is 6.08 Å². The van der Waals surface area contributed by atoms with Gasteiger partial charge in [-0.1, -0.05) is 42.3 Å². The van der Waals surface area contributed by atoms with Gasteiger partial charge in [0.15, 0.2) is 0 Å². The second-order valence-corrected chi connectivity index (χ2v) is 6.90. The summed E-state index contributed by atoms with van der Waals surface area (Å²) in [5.41, 5.74) is 1.96. The molecular weight excluding hydrogens is 401 g/mol. The van der Waals surface area contributed by atoms with E-state index in [1.54, 1.807) is 42.5 Å². The second-order valence-electron chi connectivity index (χ2n) is 6.06. The van der Waals surface area contributed by atoms with Gasteiger partial charge in [-0.25, -0.2) is 0 Å². The second kappa shape index (κ2) is 10.7. The maximum absolute atomic E-state index is 12.4. The molecular formula is C21H21Cl2NO4. The molecule has 2 aromatic carbocycles. The summed E-state index contributed by atoms with van der Waals surface area (Å²) in [6.45, 7) is 2.49. The van der Waals surface area contributed by atoms with E-state index < -0.39 is 5.97 Å². The van der Waals surface area contributed by atoms with Crippen molar-refractivity contribution < 1.29 is 19.4 Å². The highest BCUT2D eigenvalue weighted by Gasteiger charge is 2.09. The van der Waals surface area contributed by atoms with E-state index in [0.717, 1.165) is 12.0 Å². The molecule has 0 aliphatic carbocycles. The number of halogens is 2. The third-order valence-electron chi connectivity index (χ3n) is 3.77. The first-order valence-corrected chi connectivity index (χ1v) is 9.56. The highest BCUT2D eigenvalue weighted by atomic mass is 35.5. The fourth-order valence-electron chi connectivity index (χ4n) is 2.40. The standard InChI is InChI=1S/C21H21Cl2NO4/c1-2-11-28-19-8-3-14(4-10-21(26)27)12-18(19)24-20(25)9-6-15-5-7-16(22)13-17(15)23/h3,5-9,12-13H,2,4,10-11H2,1H3,(H,24,25)(H,26,27)/b9-6+. The van der Waals surface area contributed by atoms with Gasteiger partial charge in [0.25, 0.3) is 0 Å². The van der Waals surface area contributed by atoms with Crippen LogP contribution in [0.2, 0.25) is 10.0 Å². The number of benzene rings is 2. The predicted octanol–water partition coefficient (Wildman–Crippen LogP) is 5.45. The van der Waals surface area contributed by atoms with E-state index in [-0.39, 0.29) is 12.3 Å². The van der Waals surface area contributed by atoms with Gasteiger partial charge in [0.1, 0.15) is 5.75 Å². The third kappa shape index (κ3) is 6.91. The van der Waals surface area contributed by atoms with Crippen molar-refractivity contribution in [1.29, 1.82) is 0 Å². The monoisotopic (exact) mass is 421 g/mol. The van der Waals surface area contributed by atoms with Gasteiger partial charge in [0, 0.05) is 22.5 Å². The van der Waals surface area contributed by atoms with Gasteiger partial charge in [0.2, 0.25) is 5.91 Å². The van der Waals surface area contributed by atoms with E-state index in [0.29, 0.717) is 40.1 Å². The molecule has 0 heterocycles. The molecule has 2 rings (SSSR count). The van der Waals surface area contributed by atoms with Crippen LogP contribution >= 0.6 is 23.2 Å².